The molecule has 1 aromatic carbocycles. The van der Waals surface area contributed by atoms with E-state index in [0.29, 0.717) is 40.5 Å². The van der Waals surface area contributed by atoms with Crippen molar-refractivity contribution in [3.8, 4) is 28.4 Å². The third-order valence-corrected chi connectivity index (χ3v) is 4.62. The van der Waals surface area contributed by atoms with E-state index >= 15 is 0 Å². The van der Waals surface area contributed by atoms with Crippen molar-refractivity contribution in [3.63, 3.8) is 0 Å². The number of furan rings is 1. The van der Waals surface area contributed by atoms with E-state index in [-0.39, 0.29) is 5.88 Å². The molecule has 5 aromatic rings. The number of fused-ring (bicyclic) bond motifs is 1. The molecule has 0 spiro atoms. The van der Waals surface area contributed by atoms with Crippen LogP contribution in [0.5, 0.6) is 5.88 Å². The van der Waals surface area contributed by atoms with Gasteiger partial charge in [0.1, 0.15) is 23.0 Å². The van der Waals surface area contributed by atoms with Crippen LogP contribution in [0.15, 0.2) is 77.8 Å². The third-order valence-electron chi connectivity index (χ3n) is 4.62. The first-order chi connectivity index (χ1) is 14.2. The van der Waals surface area contributed by atoms with Gasteiger partial charge in [0.15, 0.2) is 5.65 Å². The molecule has 0 saturated heterocycles. The zero-order valence-electron chi connectivity index (χ0n) is 15.2. The number of nitrogens with zero attached hydrogens (tertiary/aromatic N) is 4. The molecule has 0 bridgehead atoms. The first kappa shape index (κ1) is 17.1. The van der Waals surface area contributed by atoms with Gasteiger partial charge in [-0.3, -0.25) is 9.38 Å². The van der Waals surface area contributed by atoms with Crippen LogP contribution in [0, 0.1) is 5.82 Å². The van der Waals surface area contributed by atoms with Crippen LogP contribution in [-0.2, 0) is 6.42 Å². The number of hydrogen-bond acceptors (Lipinski definition) is 5. The topological polar surface area (TPSA) is 76.5 Å². The fourth-order valence-electron chi connectivity index (χ4n) is 3.26. The maximum absolute atomic E-state index is 13.8. The summed E-state index contributed by atoms with van der Waals surface area (Å²) in [5.41, 5.74) is 3.24. The molecule has 5 rings (SSSR count). The number of halogens is 1. The van der Waals surface area contributed by atoms with Gasteiger partial charge in [-0.25, -0.2) is 14.4 Å². The first-order valence-electron chi connectivity index (χ1n) is 8.99. The molecule has 0 atom stereocenters. The number of imidazole rings is 1. The Kier molecular flexibility index (Phi) is 4.05. The molecule has 0 unspecified atom stereocenters. The Morgan fingerprint density at radius 1 is 1.00 bits per heavy atom. The summed E-state index contributed by atoms with van der Waals surface area (Å²) >= 11 is 0. The fraction of sp³-hybridized carbons (Fsp3) is 0.0455. The Bertz CT molecular complexity index is 1300. The molecule has 4 heterocycles. The summed E-state index contributed by atoms with van der Waals surface area (Å²) < 4.78 is 20.8. The number of rotatable bonds is 4. The van der Waals surface area contributed by atoms with E-state index in [1.54, 1.807) is 22.9 Å². The molecule has 6 nitrogen and oxygen atoms in total. The van der Waals surface area contributed by atoms with E-state index in [1.165, 1.54) is 12.3 Å². The molecule has 0 radical (unpaired) electrons. The van der Waals surface area contributed by atoms with E-state index in [0.717, 1.165) is 11.8 Å². The number of hydrogen-bond donors (Lipinski definition) is 1. The van der Waals surface area contributed by atoms with Gasteiger partial charge in [0.05, 0.1) is 24.6 Å². The Balaban J connectivity index is 1.76. The van der Waals surface area contributed by atoms with Crippen molar-refractivity contribution < 1.29 is 13.9 Å². The van der Waals surface area contributed by atoms with Gasteiger partial charge in [-0.1, -0.05) is 30.3 Å². The van der Waals surface area contributed by atoms with Crippen molar-refractivity contribution in [1.82, 2.24) is 19.4 Å². The van der Waals surface area contributed by atoms with Crippen molar-refractivity contribution in [2.45, 2.75) is 6.42 Å². The van der Waals surface area contributed by atoms with Crippen molar-refractivity contribution in [2.24, 2.45) is 0 Å². The zero-order valence-corrected chi connectivity index (χ0v) is 15.2. The van der Waals surface area contributed by atoms with Crippen LogP contribution in [0.1, 0.15) is 11.5 Å². The van der Waals surface area contributed by atoms with Crippen molar-refractivity contribution >= 4 is 5.65 Å². The standard InChI is InChI=1S/C22H15FN4O2/c23-16-9-15(11-24-12-16)20-21-26-18(10-17-7-4-8-29-17)22(28)27(21)13-19(25-20)14-5-2-1-3-6-14/h1-9,11-13,28H,10H2. The lowest BCUT2D eigenvalue weighted by molar-refractivity contribution is 0.438. The molecule has 0 amide bonds. The van der Waals surface area contributed by atoms with Gasteiger partial charge in [0, 0.05) is 23.5 Å². The minimum atomic E-state index is -0.473. The van der Waals surface area contributed by atoms with Crippen LogP contribution >= 0.6 is 0 Å². The third kappa shape index (κ3) is 3.12. The van der Waals surface area contributed by atoms with E-state index in [9.17, 15) is 9.50 Å². The SMILES string of the molecule is Oc1c(Cc2ccco2)nc2c(-c3cncc(F)c3)nc(-c3ccccc3)cn12. The lowest BCUT2D eigenvalue weighted by atomic mass is 10.1. The summed E-state index contributed by atoms with van der Waals surface area (Å²) in [4.78, 5) is 13.2. The quantitative estimate of drug-likeness (QED) is 0.493. The highest BCUT2D eigenvalue weighted by Crippen LogP contribution is 2.31. The van der Waals surface area contributed by atoms with E-state index in [4.69, 9.17) is 9.40 Å². The largest absolute Gasteiger partial charge is 0.493 e. The normalized spacial score (nSPS) is 11.2. The van der Waals surface area contributed by atoms with Crippen LogP contribution in [-0.4, -0.2) is 24.5 Å². The average molecular weight is 386 g/mol. The zero-order chi connectivity index (χ0) is 19.8. The molecule has 0 aliphatic rings. The fourth-order valence-corrected chi connectivity index (χ4v) is 3.26. The highest BCUT2D eigenvalue weighted by Gasteiger charge is 2.19. The second kappa shape index (κ2) is 6.87. The van der Waals surface area contributed by atoms with Gasteiger partial charge in [0.2, 0.25) is 5.88 Å². The molecule has 29 heavy (non-hydrogen) atoms. The van der Waals surface area contributed by atoms with Gasteiger partial charge in [-0.15, -0.1) is 0 Å². The van der Waals surface area contributed by atoms with Gasteiger partial charge in [-0.2, -0.15) is 0 Å². The highest BCUT2D eigenvalue weighted by atomic mass is 19.1. The predicted octanol–water partition coefficient (Wildman–Crippen LogP) is 4.49. The van der Waals surface area contributed by atoms with Crippen LogP contribution in [0.3, 0.4) is 0 Å². The molecule has 0 fully saturated rings. The van der Waals surface area contributed by atoms with Gasteiger partial charge < -0.3 is 9.52 Å². The summed E-state index contributed by atoms with van der Waals surface area (Å²) in [6.45, 7) is 0. The van der Waals surface area contributed by atoms with E-state index in [2.05, 4.69) is 9.97 Å². The van der Waals surface area contributed by atoms with Crippen molar-refractivity contribution in [2.75, 3.05) is 0 Å². The van der Waals surface area contributed by atoms with Crippen LogP contribution < -0.4 is 0 Å². The summed E-state index contributed by atoms with van der Waals surface area (Å²) in [7, 11) is 0. The minimum absolute atomic E-state index is 0.0124. The van der Waals surface area contributed by atoms with E-state index in [1.807, 2.05) is 36.4 Å². The van der Waals surface area contributed by atoms with E-state index < -0.39 is 5.82 Å². The number of benzene rings is 1. The Hall–Kier alpha value is -4.00. The molecule has 0 aliphatic heterocycles. The molecular weight excluding hydrogens is 371 g/mol. The Morgan fingerprint density at radius 3 is 2.62 bits per heavy atom. The Morgan fingerprint density at radius 2 is 1.86 bits per heavy atom. The summed E-state index contributed by atoms with van der Waals surface area (Å²) in [5, 5.41) is 10.8. The minimum Gasteiger partial charge on any atom is -0.493 e. The molecule has 142 valence electrons. The van der Waals surface area contributed by atoms with Gasteiger partial charge >= 0.3 is 0 Å². The lowest BCUT2D eigenvalue weighted by Crippen LogP contribution is -1.97. The van der Waals surface area contributed by atoms with Crippen LogP contribution in [0.4, 0.5) is 4.39 Å². The highest BCUT2D eigenvalue weighted by molar-refractivity contribution is 5.77. The predicted molar refractivity (Wildman–Crippen MR) is 105 cm³/mol. The summed E-state index contributed by atoms with van der Waals surface area (Å²) in [6, 6.07) is 14.5. The molecule has 0 aliphatic carbocycles. The monoisotopic (exact) mass is 386 g/mol. The number of aromatic nitrogens is 4. The molecule has 7 heteroatoms. The maximum atomic E-state index is 13.8. The maximum Gasteiger partial charge on any atom is 0.219 e. The van der Waals surface area contributed by atoms with Crippen LogP contribution in [0.2, 0.25) is 0 Å². The number of pyridine rings is 1. The summed E-state index contributed by atoms with van der Waals surface area (Å²) in [6.07, 6.45) is 6.27. The second-order valence-electron chi connectivity index (χ2n) is 6.56. The smallest absolute Gasteiger partial charge is 0.219 e. The summed E-state index contributed by atoms with van der Waals surface area (Å²) in [5.74, 6) is 0.190. The molecule has 1 N–H and O–H groups in total. The molecule has 0 saturated carbocycles. The van der Waals surface area contributed by atoms with Gasteiger partial charge in [0.25, 0.3) is 0 Å². The van der Waals surface area contributed by atoms with Crippen molar-refractivity contribution in [3.05, 3.63) is 90.7 Å². The Labute approximate surface area is 164 Å². The van der Waals surface area contributed by atoms with Gasteiger partial charge in [-0.05, 0) is 18.2 Å². The molecular formula is C22H15FN4O2. The lowest BCUT2D eigenvalue weighted by Gasteiger charge is -2.08. The second-order valence-corrected chi connectivity index (χ2v) is 6.56. The average Bonchev–Trinajstić information content (AvgIpc) is 3.37. The van der Waals surface area contributed by atoms with Crippen molar-refractivity contribution in [1.29, 1.82) is 0 Å². The first-order valence-corrected chi connectivity index (χ1v) is 8.99. The molecule has 4 aromatic heterocycles. The van der Waals surface area contributed by atoms with Crippen LogP contribution in [0.25, 0.3) is 28.2 Å². The number of aromatic hydroxyl groups is 1.